The minimum atomic E-state index is 0.0823. The highest BCUT2D eigenvalue weighted by Gasteiger charge is 2.20. The zero-order valence-corrected chi connectivity index (χ0v) is 16.3. The Morgan fingerprint density at radius 2 is 1.85 bits per heavy atom. The highest BCUT2D eigenvalue weighted by Crippen LogP contribution is 2.18. The molecule has 6 heteroatoms. The number of ether oxygens (including phenoxy) is 1. The van der Waals surface area contributed by atoms with Gasteiger partial charge in [-0.3, -0.25) is 14.6 Å². The van der Waals surface area contributed by atoms with E-state index in [0.717, 1.165) is 38.5 Å². The molecular weight excluding hydrogens is 346 g/mol. The van der Waals surface area contributed by atoms with Crippen molar-refractivity contribution in [1.29, 1.82) is 0 Å². The number of carbonyl (C=O) groups excluding carboxylic acids is 1. The van der Waals surface area contributed by atoms with Gasteiger partial charge in [-0.15, -0.1) is 11.3 Å². The summed E-state index contributed by atoms with van der Waals surface area (Å²) in [7, 11) is 1.69. The first-order valence-corrected chi connectivity index (χ1v) is 9.92. The highest BCUT2D eigenvalue weighted by molar-refractivity contribution is 7.10. The molecule has 1 atom stereocenters. The Morgan fingerprint density at radius 3 is 2.46 bits per heavy atom. The van der Waals surface area contributed by atoms with Crippen molar-refractivity contribution in [2.24, 2.45) is 0 Å². The van der Waals surface area contributed by atoms with Gasteiger partial charge in [-0.1, -0.05) is 18.2 Å². The van der Waals surface area contributed by atoms with Gasteiger partial charge in [0.1, 0.15) is 5.75 Å². The number of thiophene rings is 1. The molecule has 2 aromatic rings. The van der Waals surface area contributed by atoms with Gasteiger partial charge < -0.3 is 10.1 Å². The van der Waals surface area contributed by atoms with Crippen LogP contribution in [0.1, 0.15) is 23.4 Å². The van der Waals surface area contributed by atoms with Crippen LogP contribution in [0.4, 0.5) is 0 Å². The van der Waals surface area contributed by atoms with E-state index in [-0.39, 0.29) is 11.9 Å². The van der Waals surface area contributed by atoms with Gasteiger partial charge >= 0.3 is 0 Å². The molecule has 0 spiro atoms. The van der Waals surface area contributed by atoms with E-state index in [4.69, 9.17) is 4.74 Å². The number of benzene rings is 1. The van der Waals surface area contributed by atoms with Crippen LogP contribution in [0.2, 0.25) is 0 Å². The lowest BCUT2D eigenvalue weighted by atomic mass is 10.2. The minimum absolute atomic E-state index is 0.0823. The zero-order valence-electron chi connectivity index (χ0n) is 15.5. The fourth-order valence-electron chi connectivity index (χ4n) is 3.19. The van der Waals surface area contributed by atoms with E-state index in [2.05, 4.69) is 33.3 Å². The van der Waals surface area contributed by atoms with Crippen LogP contribution in [0.15, 0.2) is 41.8 Å². The molecule has 26 heavy (non-hydrogen) atoms. The summed E-state index contributed by atoms with van der Waals surface area (Å²) < 4.78 is 5.20. The fraction of sp³-hybridized carbons (Fsp3) is 0.450. The van der Waals surface area contributed by atoms with Gasteiger partial charge in [-0.2, -0.15) is 0 Å². The molecule has 0 unspecified atom stereocenters. The summed E-state index contributed by atoms with van der Waals surface area (Å²) >= 11 is 1.68. The van der Waals surface area contributed by atoms with Crippen molar-refractivity contribution < 1.29 is 9.53 Å². The molecule has 0 bridgehead atoms. The van der Waals surface area contributed by atoms with Crippen LogP contribution >= 0.6 is 11.3 Å². The number of piperazine rings is 1. The molecular formula is C20H27N3O2S. The van der Waals surface area contributed by atoms with Crippen molar-refractivity contribution >= 4 is 17.2 Å². The Morgan fingerprint density at radius 1 is 1.15 bits per heavy atom. The van der Waals surface area contributed by atoms with Gasteiger partial charge in [0.25, 0.3) is 0 Å². The predicted octanol–water partition coefficient (Wildman–Crippen LogP) is 2.75. The number of amides is 1. The first kappa shape index (κ1) is 18.9. The number of hydrogen-bond acceptors (Lipinski definition) is 5. The first-order valence-electron chi connectivity index (χ1n) is 9.04. The second-order valence-electron chi connectivity index (χ2n) is 6.70. The molecule has 3 rings (SSSR count). The lowest BCUT2D eigenvalue weighted by molar-refractivity contribution is -0.123. The number of hydrogen-bond donors (Lipinski definition) is 1. The van der Waals surface area contributed by atoms with Crippen molar-refractivity contribution in [3.8, 4) is 5.75 Å². The molecule has 1 saturated heterocycles. The normalized spacial score (nSPS) is 17.0. The minimum Gasteiger partial charge on any atom is -0.497 e. The number of methoxy groups -OCH3 is 1. The summed E-state index contributed by atoms with van der Waals surface area (Å²) in [4.78, 5) is 18.1. The predicted molar refractivity (Wildman–Crippen MR) is 106 cm³/mol. The molecule has 1 aliphatic heterocycles. The van der Waals surface area contributed by atoms with E-state index >= 15 is 0 Å². The topological polar surface area (TPSA) is 44.8 Å². The Bertz CT molecular complexity index is 680. The second-order valence-corrected chi connectivity index (χ2v) is 7.68. The van der Waals surface area contributed by atoms with Gasteiger partial charge in [0.2, 0.25) is 5.91 Å². The molecule has 2 heterocycles. The van der Waals surface area contributed by atoms with E-state index in [1.807, 2.05) is 30.5 Å². The van der Waals surface area contributed by atoms with Gasteiger partial charge in [-0.05, 0) is 36.1 Å². The molecule has 1 fully saturated rings. The summed E-state index contributed by atoms with van der Waals surface area (Å²) in [6.45, 7) is 7.29. The monoisotopic (exact) mass is 373 g/mol. The zero-order chi connectivity index (χ0) is 18.4. The molecule has 1 aliphatic rings. The number of carbonyl (C=O) groups is 1. The molecule has 0 radical (unpaired) electrons. The van der Waals surface area contributed by atoms with Crippen molar-refractivity contribution in [3.05, 3.63) is 52.2 Å². The highest BCUT2D eigenvalue weighted by atomic mass is 32.1. The summed E-state index contributed by atoms with van der Waals surface area (Å²) in [6, 6.07) is 12.4. The lowest BCUT2D eigenvalue weighted by Gasteiger charge is -2.34. The average Bonchev–Trinajstić information content (AvgIpc) is 3.19. The van der Waals surface area contributed by atoms with E-state index in [1.165, 1.54) is 10.4 Å². The number of nitrogens with zero attached hydrogens (tertiary/aromatic N) is 2. The third-order valence-corrected chi connectivity index (χ3v) is 5.80. The molecule has 1 aromatic heterocycles. The van der Waals surface area contributed by atoms with E-state index < -0.39 is 0 Å². The number of nitrogens with one attached hydrogen (secondary N) is 1. The van der Waals surface area contributed by atoms with Crippen molar-refractivity contribution in [2.75, 3.05) is 39.8 Å². The molecule has 5 nitrogen and oxygen atoms in total. The Balaban J connectivity index is 1.39. The van der Waals surface area contributed by atoms with Gasteiger partial charge in [0.15, 0.2) is 0 Å². The molecule has 140 valence electrons. The standard InChI is InChI=1S/C20H27N3O2S/c1-16(19-4-3-13-26-19)21-20(24)15-23-11-9-22(10-12-23)14-17-5-7-18(25-2)8-6-17/h3-8,13,16H,9-12,14-15H2,1-2H3,(H,21,24)/t16-/m0/s1. The molecule has 1 amide bonds. The first-order chi connectivity index (χ1) is 12.6. The summed E-state index contributed by atoms with van der Waals surface area (Å²) in [6.07, 6.45) is 0. The summed E-state index contributed by atoms with van der Waals surface area (Å²) in [5, 5.41) is 5.14. The smallest absolute Gasteiger partial charge is 0.234 e. The quantitative estimate of drug-likeness (QED) is 0.811. The summed E-state index contributed by atoms with van der Waals surface area (Å²) in [5.74, 6) is 0.996. The summed E-state index contributed by atoms with van der Waals surface area (Å²) in [5.41, 5.74) is 1.29. The molecule has 1 aromatic carbocycles. The maximum atomic E-state index is 12.3. The van der Waals surface area contributed by atoms with Crippen LogP contribution in [0, 0.1) is 0 Å². The van der Waals surface area contributed by atoms with Gasteiger partial charge in [0, 0.05) is 37.6 Å². The third kappa shape index (κ3) is 5.30. The molecule has 1 N–H and O–H groups in total. The Hall–Kier alpha value is -1.89. The van der Waals surface area contributed by atoms with E-state index in [1.54, 1.807) is 18.4 Å². The largest absolute Gasteiger partial charge is 0.497 e. The van der Waals surface area contributed by atoms with Crippen molar-refractivity contribution in [3.63, 3.8) is 0 Å². The number of rotatable bonds is 7. The van der Waals surface area contributed by atoms with E-state index in [9.17, 15) is 4.79 Å². The Kier molecular flexibility index (Phi) is 6.66. The van der Waals surface area contributed by atoms with Crippen LogP contribution in [0.5, 0.6) is 5.75 Å². The van der Waals surface area contributed by atoms with Crippen molar-refractivity contribution in [1.82, 2.24) is 15.1 Å². The van der Waals surface area contributed by atoms with Crippen LogP contribution in [-0.2, 0) is 11.3 Å². The van der Waals surface area contributed by atoms with Crippen LogP contribution < -0.4 is 10.1 Å². The third-order valence-electron chi connectivity index (χ3n) is 4.74. The van der Waals surface area contributed by atoms with E-state index in [0.29, 0.717) is 6.54 Å². The van der Waals surface area contributed by atoms with Gasteiger partial charge in [0.05, 0.1) is 19.7 Å². The SMILES string of the molecule is COc1ccc(CN2CCN(CC(=O)N[C@@H](C)c3cccs3)CC2)cc1. The van der Waals surface area contributed by atoms with Crippen LogP contribution in [0.3, 0.4) is 0 Å². The fourth-order valence-corrected chi connectivity index (χ4v) is 3.93. The lowest BCUT2D eigenvalue weighted by Crippen LogP contribution is -2.49. The van der Waals surface area contributed by atoms with Crippen LogP contribution in [0.25, 0.3) is 0 Å². The maximum Gasteiger partial charge on any atom is 0.234 e. The van der Waals surface area contributed by atoms with Crippen molar-refractivity contribution in [2.45, 2.75) is 19.5 Å². The second kappa shape index (κ2) is 9.16. The van der Waals surface area contributed by atoms with Gasteiger partial charge in [-0.25, -0.2) is 0 Å². The maximum absolute atomic E-state index is 12.3. The molecule has 0 aliphatic carbocycles. The molecule has 0 saturated carbocycles. The van der Waals surface area contributed by atoms with Crippen LogP contribution in [-0.4, -0.2) is 55.5 Å². The Labute approximate surface area is 159 Å². The average molecular weight is 374 g/mol.